The average molecular weight is 428 g/mol. The molecule has 1 amide bonds. The molecule has 1 unspecified atom stereocenters. The summed E-state index contributed by atoms with van der Waals surface area (Å²) in [4.78, 5) is 30.9. The van der Waals surface area contributed by atoms with E-state index in [9.17, 15) is 9.59 Å². The number of aromatic nitrogens is 2. The van der Waals surface area contributed by atoms with Gasteiger partial charge < -0.3 is 9.88 Å². The van der Waals surface area contributed by atoms with Gasteiger partial charge in [-0.1, -0.05) is 48.5 Å². The van der Waals surface area contributed by atoms with E-state index in [1.807, 2.05) is 60.7 Å². The fraction of sp³-hybridized carbons (Fsp3) is 0.0800. The predicted molar refractivity (Wildman–Crippen MR) is 123 cm³/mol. The minimum Gasteiger partial charge on any atom is -0.331 e. The van der Waals surface area contributed by atoms with Crippen LogP contribution in [-0.2, 0) is 11.8 Å². The molecule has 0 fully saturated rings. The highest BCUT2D eigenvalue weighted by Crippen LogP contribution is 2.36. The summed E-state index contributed by atoms with van der Waals surface area (Å²) in [5.74, 6) is 0.0931. The number of aryl methyl sites for hydroxylation is 1. The number of nitrogens with zero attached hydrogens (tertiary/aromatic N) is 2. The summed E-state index contributed by atoms with van der Waals surface area (Å²) in [5.41, 5.74) is 2.08. The Balaban J connectivity index is 1.52. The van der Waals surface area contributed by atoms with Crippen LogP contribution in [0.1, 0.15) is 27.0 Å². The van der Waals surface area contributed by atoms with Crippen molar-refractivity contribution in [3.05, 3.63) is 114 Å². The molecular formula is C25H21N3O2S. The van der Waals surface area contributed by atoms with Gasteiger partial charge in [0.2, 0.25) is 11.7 Å². The summed E-state index contributed by atoms with van der Waals surface area (Å²) in [6, 6.07) is 26.4. The smallest absolute Gasteiger partial charge is 0.242 e. The molecular weight excluding hydrogens is 406 g/mol. The van der Waals surface area contributed by atoms with Crippen LogP contribution in [0.3, 0.4) is 0 Å². The highest BCUT2D eigenvalue weighted by Gasteiger charge is 2.22. The van der Waals surface area contributed by atoms with Crippen LogP contribution in [0.25, 0.3) is 0 Å². The van der Waals surface area contributed by atoms with Gasteiger partial charge in [0.05, 0.1) is 0 Å². The monoisotopic (exact) mass is 427 g/mol. The summed E-state index contributed by atoms with van der Waals surface area (Å²) in [6.45, 7) is 0. The Labute approximate surface area is 185 Å². The van der Waals surface area contributed by atoms with Crippen molar-refractivity contribution < 1.29 is 9.59 Å². The lowest BCUT2D eigenvalue weighted by atomic mass is 10.1. The van der Waals surface area contributed by atoms with Crippen LogP contribution in [0.4, 0.5) is 5.69 Å². The first-order valence-corrected chi connectivity index (χ1v) is 10.7. The van der Waals surface area contributed by atoms with Gasteiger partial charge in [0.25, 0.3) is 0 Å². The van der Waals surface area contributed by atoms with Gasteiger partial charge in [0.15, 0.2) is 5.82 Å². The van der Waals surface area contributed by atoms with Gasteiger partial charge in [-0.05, 0) is 42.0 Å². The van der Waals surface area contributed by atoms with Crippen LogP contribution in [0.15, 0.2) is 102 Å². The second-order valence-corrected chi connectivity index (χ2v) is 8.16. The Hall–Kier alpha value is -3.64. The van der Waals surface area contributed by atoms with Crippen LogP contribution < -0.4 is 5.32 Å². The Kier molecular flexibility index (Phi) is 6.29. The Morgan fingerprint density at radius 1 is 0.903 bits per heavy atom. The van der Waals surface area contributed by atoms with E-state index < -0.39 is 5.25 Å². The number of rotatable bonds is 7. The molecule has 3 aromatic carbocycles. The molecule has 1 N–H and O–H groups in total. The number of carbonyl (C=O) groups excluding carboxylic acids is 2. The van der Waals surface area contributed by atoms with Gasteiger partial charge in [-0.15, -0.1) is 11.8 Å². The summed E-state index contributed by atoms with van der Waals surface area (Å²) >= 11 is 1.50. The molecule has 1 heterocycles. The van der Waals surface area contributed by atoms with E-state index in [0.29, 0.717) is 17.1 Å². The lowest BCUT2D eigenvalue weighted by Gasteiger charge is -2.17. The minimum atomic E-state index is -0.405. The summed E-state index contributed by atoms with van der Waals surface area (Å²) < 4.78 is 1.68. The molecule has 6 heteroatoms. The first kappa shape index (κ1) is 20.6. The van der Waals surface area contributed by atoms with E-state index in [2.05, 4.69) is 10.3 Å². The molecule has 0 radical (unpaired) electrons. The predicted octanol–water partition coefficient (Wildman–Crippen LogP) is 5.12. The number of ketones is 1. The third kappa shape index (κ3) is 4.92. The van der Waals surface area contributed by atoms with Gasteiger partial charge in [-0.3, -0.25) is 9.59 Å². The molecule has 0 bridgehead atoms. The molecule has 0 spiro atoms. The van der Waals surface area contributed by atoms with E-state index >= 15 is 0 Å². The van der Waals surface area contributed by atoms with Gasteiger partial charge in [-0.2, -0.15) is 0 Å². The number of hydrogen-bond donors (Lipinski definition) is 1. The fourth-order valence-electron chi connectivity index (χ4n) is 3.16. The Bertz CT molecular complexity index is 1170. The molecule has 154 valence electrons. The van der Waals surface area contributed by atoms with Crippen LogP contribution in [0, 0.1) is 0 Å². The van der Waals surface area contributed by atoms with Gasteiger partial charge in [0, 0.05) is 35.6 Å². The SMILES string of the molecule is Cn1ccnc1C(=O)c1ccc(NC(=O)C(Sc2ccccc2)c2ccccc2)cc1. The molecule has 31 heavy (non-hydrogen) atoms. The van der Waals surface area contributed by atoms with Crippen molar-refractivity contribution in [1.82, 2.24) is 9.55 Å². The van der Waals surface area contributed by atoms with Gasteiger partial charge in [-0.25, -0.2) is 4.98 Å². The molecule has 0 aliphatic carbocycles. The number of carbonyl (C=O) groups is 2. The third-order valence-electron chi connectivity index (χ3n) is 4.78. The maximum absolute atomic E-state index is 13.2. The van der Waals surface area contributed by atoms with Gasteiger partial charge in [0.1, 0.15) is 5.25 Å². The zero-order valence-corrected chi connectivity index (χ0v) is 17.8. The molecule has 0 aliphatic heterocycles. The van der Waals surface area contributed by atoms with Gasteiger partial charge >= 0.3 is 0 Å². The van der Waals surface area contributed by atoms with E-state index in [1.54, 1.807) is 48.3 Å². The summed E-state index contributed by atoms with van der Waals surface area (Å²) in [6.07, 6.45) is 3.33. The molecule has 0 aliphatic rings. The molecule has 5 nitrogen and oxygen atoms in total. The normalized spacial score (nSPS) is 11.6. The maximum atomic E-state index is 13.2. The average Bonchev–Trinajstić information content (AvgIpc) is 3.24. The largest absolute Gasteiger partial charge is 0.331 e. The van der Waals surface area contributed by atoms with Crippen molar-refractivity contribution in [3.8, 4) is 0 Å². The highest BCUT2D eigenvalue weighted by molar-refractivity contribution is 8.00. The number of anilines is 1. The van der Waals surface area contributed by atoms with Crippen LogP contribution in [-0.4, -0.2) is 21.2 Å². The second-order valence-electron chi connectivity index (χ2n) is 6.98. The van der Waals surface area contributed by atoms with Crippen molar-refractivity contribution >= 4 is 29.1 Å². The van der Waals surface area contributed by atoms with Crippen LogP contribution >= 0.6 is 11.8 Å². The summed E-state index contributed by atoms with van der Waals surface area (Å²) in [7, 11) is 1.78. The lowest BCUT2D eigenvalue weighted by molar-refractivity contribution is -0.115. The number of hydrogen-bond acceptors (Lipinski definition) is 4. The number of imidazole rings is 1. The quantitative estimate of drug-likeness (QED) is 0.328. The van der Waals surface area contributed by atoms with Crippen molar-refractivity contribution in [2.75, 3.05) is 5.32 Å². The maximum Gasteiger partial charge on any atom is 0.242 e. The zero-order valence-electron chi connectivity index (χ0n) is 16.9. The first-order chi connectivity index (χ1) is 15.1. The Morgan fingerprint density at radius 3 is 2.16 bits per heavy atom. The molecule has 0 saturated heterocycles. The molecule has 4 aromatic rings. The van der Waals surface area contributed by atoms with E-state index in [0.717, 1.165) is 10.5 Å². The van der Waals surface area contributed by atoms with Crippen molar-refractivity contribution in [1.29, 1.82) is 0 Å². The van der Waals surface area contributed by atoms with E-state index in [1.165, 1.54) is 11.8 Å². The topological polar surface area (TPSA) is 64.0 Å². The molecule has 4 rings (SSSR count). The first-order valence-electron chi connectivity index (χ1n) is 9.81. The van der Waals surface area contributed by atoms with Crippen LogP contribution in [0.5, 0.6) is 0 Å². The van der Waals surface area contributed by atoms with E-state index in [-0.39, 0.29) is 11.7 Å². The van der Waals surface area contributed by atoms with Crippen molar-refractivity contribution in [2.45, 2.75) is 10.1 Å². The minimum absolute atomic E-state index is 0.122. The van der Waals surface area contributed by atoms with Crippen molar-refractivity contribution in [2.24, 2.45) is 7.05 Å². The number of amides is 1. The number of thioether (sulfide) groups is 1. The zero-order chi connectivity index (χ0) is 21.6. The Morgan fingerprint density at radius 2 is 1.55 bits per heavy atom. The second kappa shape index (κ2) is 9.45. The van der Waals surface area contributed by atoms with Crippen LogP contribution in [0.2, 0.25) is 0 Å². The number of benzene rings is 3. The standard InChI is InChI=1S/C25H21N3O2S/c1-28-17-16-26-24(28)22(29)18-12-14-20(15-13-18)27-25(30)23(19-8-4-2-5-9-19)31-21-10-6-3-7-11-21/h2-17,23H,1H3,(H,27,30). The molecule has 0 saturated carbocycles. The summed E-state index contributed by atoms with van der Waals surface area (Å²) in [5, 5.41) is 2.58. The lowest BCUT2D eigenvalue weighted by Crippen LogP contribution is -2.19. The molecule has 1 atom stereocenters. The fourth-order valence-corrected chi connectivity index (χ4v) is 4.21. The molecule has 1 aromatic heterocycles. The number of nitrogens with one attached hydrogen (secondary N) is 1. The third-order valence-corrected chi connectivity index (χ3v) is 6.04. The van der Waals surface area contributed by atoms with Crippen molar-refractivity contribution in [3.63, 3.8) is 0 Å². The highest BCUT2D eigenvalue weighted by atomic mass is 32.2. The van der Waals surface area contributed by atoms with E-state index in [4.69, 9.17) is 0 Å².